The Morgan fingerprint density at radius 3 is 2.41 bits per heavy atom. The van der Waals surface area contributed by atoms with E-state index in [2.05, 4.69) is 0 Å². The van der Waals surface area contributed by atoms with Crippen LogP contribution >= 0.6 is 0 Å². The minimum Gasteiger partial charge on any atom is -0.480 e. The fourth-order valence-corrected chi connectivity index (χ4v) is 1.86. The molecule has 2 atom stereocenters. The van der Waals surface area contributed by atoms with Crippen molar-refractivity contribution in [1.29, 1.82) is 0 Å². The number of carboxylic acid groups (broad SMARTS) is 1. The molecule has 1 aromatic rings. The Balaban J connectivity index is 2.62. The molecule has 0 aliphatic carbocycles. The van der Waals surface area contributed by atoms with Crippen LogP contribution in [0.1, 0.15) is 25.0 Å². The van der Waals surface area contributed by atoms with Gasteiger partial charge in [0.25, 0.3) is 0 Å². The Morgan fingerprint density at radius 2 is 1.94 bits per heavy atom. The number of aliphatic hydroxyl groups excluding tert-OH is 1. The van der Waals surface area contributed by atoms with Gasteiger partial charge >= 0.3 is 5.97 Å². The first kappa shape index (κ1) is 13.7. The highest BCUT2D eigenvalue weighted by Gasteiger charge is 2.22. The molecule has 0 saturated carbocycles. The maximum Gasteiger partial charge on any atom is 0.320 e. The van der Waals surface area contributed by atoms with Crippen LogP contribution in [0, 0.1) is 0 Å². The van der Waals surface area contributed by atoms with Crippen molar-refractivity contribution in [3.05, 3.63) is 35.9 Å². The van der Waals surface area contributed by atoms with Crippen LogP contribution in [-0.4, -0.2) is 40.7 Å². The van der Waals surface area contributed by atoms with Gasteiger partial charge in [0.05, 0.1) is 6.10 Å². The van der Waals surface area contributed by atoms with Gasteiger partial charge in [0.1, 0.15) is 6.04 Å². The lowest BCUT2D eigenvalue weighted by molar-refractivity contribution is -0.143. The highest BCUT2D eigenvalue weighted by molar-refractivity contribution is 5.73. The molecule has 0 saturated heterocycles. The molecule has 0 aromatic heterocycles. The van der Waals surface area contributed by atoms with Gasteiger partial charge in [-0.2, -0.15) is 0 Å². The third-order valence-corrected chi connectivity index (χ3v) is 2.85. The third kappa shape index (κ3) is 3.84. The largest absolute Gasteiger partial charge is 0.480 e. The van der Waals surface area contributed by atoms with Crippen LogP contribution in [0.5, 0.6) is 0 Å². The van der Waals surface area contributed by atoms with Crippen LogP contribution in [0.3, 0.4) is 0 Å². The highest BCUT2D eigenvalue weighted by atomic mass is 16.4. The van der Waals surface area contributed by atoms with Crippen LogP contribution in [-0.2, 0) is 4.79 Å². The first-order valence-corrected chi connectivity index (χ1v) is 5.72. The molecule has 0 aliphatic rings. The lowest BCUT2D eigenvalue weighted by atomic mass is 10.1. The molecule has 2 unspecified atom stereocenters. The predicted octanol–water partition coefficient (Wildman–Crippen LogP) is 1.51. The molecule has 0 radical (unpaired) electrons. The van der Waals surface area contributed by atoms with E-state index in [1.165, 1.54) is 0 Å². The topological polar surface area (TPSA) is 60.8 Å². The molecule has 2 N–H and O–H groups in total. The van der Waals surface area contributed by atoms with Gasteiger partial charge in [0.2, 0.25) is 0 Å². The normalized spacial score (nSPS) is 14.6. The third-order valence-electron chi connectivity index (χ3n) is 2.85. The summed E-state index contributed by atoms with van der Waals surface area (Å²) in [6.45, 7) is 2.14. The lowest BCUT2D eigenvalue weighted by Crippen LogP contribution is -2.40. The number of benzene rings is 1. The second kappa shape index (κ2) is 6.37. The molecule has 0 spiro atoms. The van der Waals surface area contributed by atoms with Crippen LogP contribution < -0.4 is 0 Å². The molecule has 0 heterocycles. The Hall–Kier alpha value is -1.39. The molecule has 4 heteroatoms. The second-order valence-corrected chi connectivity index (χ2v) is 4.13. The van der Waals surface area contributed by atoms with Crippen LogP contribution in [0.2, 0.25) is 0 Å². The summed E-state index contributed by atoms with van der Waals surface area (Å²) in [7, 11) is 1.72. The summed E-state index contributed by atoms with van der Waals surface area (Å²) in [6, 6.07) is 8.71. The van der Waals surface area contributed by atoms with Gasteiger partial charge < -0.3 is 10.2 Å². The number of hydrogen-bond donors (Lipinski definition) is 2. The zero-order valence-corrected chi connectivity index (χ0v) is 10.2. The van der Waals surface area contributed by atoms with Crippen LogP contribution in [0.25, 0.3) is 0 Å². The minimum atomic E-state index is -0.852. The van der Waals surface area contributed by atoms with E-state index in [1.807, 2.05) is 37.3 Å². The maximum absolute atomic E-state index is 11.0. The van der Waals surface area contributed by atoms with Gasteiger partial charge in [0, 0.05) is 6.54 Å². The van der Waals surface area contributed by atoms with Gasteiger partial charge in [0.15, 0.2) is 0 Å². The molecule has 4 nitrogen and oxygen atoms in total. The van der Waals surface area contributed by atoms with E-state index in [-0.39, 0.29) is 0 Å². The van der Waals surface area contributed by atoms with E-state index >= 15 is 0 Å². The summed E-state index contributed by atoms with van der Waals surface area (Å²) in [5.41, 5.74) is 0.805. The summed E-state index contributed by atoms with van der Waals surface area (Å²) in [5.74, 6) is -0.852. The number of carboxylic acids is 1. The zero-order valence-electron chi connectivity index (χ0n) is 10.2. The van der Waals surface area contributed by atoms with Crippen molar-refractivity contribution >= 4 is 5.97 Å². The SMILES string of the molecule is CCC(C(=O)O)N(C)CC(O)c1ccccc1. The number of nitrogens with zero attached hydrogens (tertiary/aromatic N) is 1. The lowest BCUT2D eigenvalue weighted by Gasteiger charge is -2.26. The summed E-state index contributed by atoms with van der Waals surface area (Å²) in [4.78, 5) is 12.6. The Morgan fingerprint density at radius 1 is 1.35 bits per heavy atom. The van der Waals surface area contributed by atoms with Crippen LogP contribution in [0.15, 0.2) is 30.3 Å². The summed E-state index contributed by atoms with van der Waals surface area (Å²) in [5, 5.41) is 19.0. The van der Waals surface area contributed by atoms with Crippen molar-refractivity contribution in [3.8, 4) is 0 Å². The van der Waals surface area contributed by atoms with E-state index in [1.54, 1.807) is 11.9 Å². The molecule has 1 rings (SSSR count). The Bertz CT molecular complexity index is 353. The number of aliphatic carboxylic acids is 1. The molecule has 0 amide bonds. The van der Waals surface area contributed by atoms with E-state index in [9.17, 15) is 9.90 Å². The smallest absolute Gasteiger partial charge is 0.320 e. The number of hydrogen-bond acceptors (Lipinski definition) is 3. The van der Waals surface area contributed by atoms with E-state index < -0.39 is 18.1 Å². The summed E-state index contributed by atoms with van der Waals surface area (Å²) < 4.78 is 0. The number of carbonyl (C=O) groups is 1. The standard InChI is InChI=1S/C13H19NO3/c1-3-11(13(16)17)14(2)9-12(15)10-7-5-4-6-8-10/h4-8,11-12,15H,3,9H2,1-2H3,(H,16,17). The Kier molecular flexibility index (Phi) is 5.12. The average Bonchev–Trinajstić information content (AvgIpc) is 2.30. The van der Waals surface area contributed by atoms with E-state index in [0.717, 1.165) is 5.56 Å². The van der Waals surface area contributed by atoms with Crippen molar-refractivity contribution in [2.45, 2.75) is 25.5 Å². The van der Waals surface area contributed by atoms with Gasteiger partial charge in [-0.1, -0.05) is 37.3 Å². The van der Waals surface area contributed by atoms with Gasteiger partial charge in [-0.3, -0.25) is 9.69 Å². The molecule has 0 aliphatic heterocycles. The summed E-state index contributed by atoms with van der Waals surface area (Å²) >= 11 is 0. The zero-order chi connectivity index (χ0) is 12.8. The first-order valence-electron chi connectivity index (χ1n) is 5.72. The fraction of sp³-hybridized carbons (Fsp3) is 0.462. The Labute approximate surface area is 101 Å². The van der Waals surface area contributed by atoms with E-state index in [0.29, 0.717) is 13.0 Å². The molecule has 1 aromatic carbocycles. The number of likely N-dealkylation sites (N-methyl/N-ethyl adjacent to an activating group) is 1. The summed E-state index contributed by atoms with van der Waals surface area (Å²) in [6.07, 6.45) is -0.137. The first-order chi connectivity index (χ1) is 8.06. The van der Waals surface area contributed by atoms with E-state index in [4.69, 9.17) is 5.11 Å². The highest BCUT2D eigenvalue weighted by Crippen LogP contribution is 2.15. The van der Waals surface area contributed by atoms with Crippen LogP contribution in [0.4, 0.5) is 0 Å². The van der Waals surface area contributed by atoms with Crippen molar-refractivity contribution in [3.63, 3.8) is 0 Å². The average molecular weight is 237 g/mol. The molecular weight excluding hydrogens is 218 g/mol. The maximum atomic E-state index is 11.0. The molecular formula is C13H19NO3. The molecule has 17 heavy (non-hydrogen) atoms. The number of aliphatic hydroxyl groups is 1. The van der Waals surface area contributed by atoms with Crippen molar-refractivity contribution in [2.24, 2.45) is 0 Å². The second-order valence-electron chi connectivity index (χ2n) is 4.13. The van der Waals surface area contributed by atoms with Gasteiger partial charge in [-0.25, -0.2) is 0 Å². The van der Waals surface area contributed by atoms with Gasteiger partial charge in [-0.05, 0) is 19.0 Å². The molecule has 0 fully saturated rings. The van der Waals surface area contributed by atoms with Crippen molar-refractivity contribution in [2.75, 3.05) is 13.6 Å². The minimum absolute atomic E-state index is 0.314. The fourth-order valence-electron chi connectivity index (χ4n) is 1.86. The van der Waals surface area contributed by atoms with Crippen molar-refractivity contribution < 1.29 is 15.0 Å². The molecule has 0 bridgehead atoms. The monoisotopic (exact) mass is 237 g/mol. The quantitative estimate of drug-likeness (QED) is 0.787. The van der Waals surface area contributed by atoms with Crippen molar-refractivity contribution in [1.82, 2.24) is 4.90 Å². The predicted molar refractivity (Wildman–Crippen MR) is 65.7 cm³/mol. The van der Waals surface area contributed by atoms with Gasteiger partial charge in [-0.15, -0.1) is 0 Å². The molecule has 94 valence electrons. The number of rotatable bonds is 6.